The maximum atomic E-state index is 10.00. The summed E-state index contributed by atoms with van der Waals surface area (Å²) in [5.74, 6) is 0.764. The molecule has 0 fully saturated rings. The van der Waals surface area contributed by atoms with Crippen LogP contribution in [0.1, 0.15) is 33.3 Å². The number of ether oxygens (including phenoxy) is 3. The summed E-state index contributed by atoms with van der Waals surface area (Å²) in [6.07, 6.45) is -0.485. The first-order valence-electron chi connectivity index (χ1n) is 9.17. The normalized spacial score (nSPS) is 14.9. The Morgan fingerprint density at radius 1 is 1.04 bits per heavy atom. The number of rotatable bonds is 11. The highest BCUT2D eigenvalue weighted by Crippen LogP contribution is 2.36. The van der Waals surface area contributed by atoms with Crippen LogP contribution in [0, 0.1) is 5.92 Å². The monoisotopic (exact) mass is 384 g/mol. The Balaban J connectivity index is 2.33. The number of aliphatic hydroxyl groups excluding tert-OH is 1. The molecule has 0 aromatic heterocycles. The van der Waals surface area contributed by atoms with Gasteiger partial charge in [-0.2, -0.15) is 0 Å². The largest absolute Gasteiger partial charge is 0.497 e. The van der Waals surface area contributed by atoms with Gasteiger partial charge in [0.25, 0.3) is 0 Å². The summed E-state index contributed by atoms with van der Waals surface area (Å²) in [7, 11) is -0.183. The van der Waals surface area contributed by atoms with Crippen LogP contribution in [0.25, 0.3) is 0 Å². The Bertz CT molecular complexity index is 508. The molecule has 1 aromatic rings. The Morgan fingerprint density at radius 2 is 1.65 bits per heavy atom. The molecule has 5 nitrogen and oxygen atoms in total. The molecule has 0 aliphatic rings. The molecule has 0 aliphatic carbocycles. The molecule has 0 spiro atoms. The van der Waals surface area contributed by atoms with Crippen molar-refractivity contribution in [2.75, 3.05) is 27.1 Å². The summed E-state index contributed by atoms with van der Waals surface area (Å²) < 4.78 is 22.5. The molecule has 2 atom stereocenters. The van der Waals surface area contributed by atoms with Crippen LogP contribution in [0.5, 0.6) is 5.75 Å². The summed E-state index contributed by atoms with van der Waals surface area (Å²) in [6.45, 7) is 14.4. The summed E-state index contributed by atoms with van der Waals surface area (Å²) in [5.41, 5.74) is 1.06. The predicted molar refractivity (Wildman–Crippen MR) is 107 cm³/mol. The van der Waals surface area contributed by atoms with Crippen LogP contribution in [0.2, 0.25) is 18.1 Å². The second kappa shape index (κ2) is 10.4. The van der Waals surface area contributed by atoms with E-state index in [0.29, 0.717) is 19.8 Å². The van der Waals surface area contributed by atoms with Gasteiger partial charge in [0.15, 0.2) is 8.32 Å². The molecule has 6 heteroatoms. The molecule has 0 saturated heterocycles. The van der Waals surface area contributed by atoms with E-state index in [1.807, 2.05) is 24.3 Å². The van der Waals surface area contributed by atoms with Gasteiger partial charge in [0.2, 0.25) is 0 Å². The van der Waals surface area contributed by atoms with Crippen LogP contribution in [-0.2, 0) is 20.5 Å². The molecule has 0 amide bonds. The van der Waals surface area contributed by atoms with E-state index >= 15 is 0 Å². The Labute approximate surface area is 159 Å². The minimum absolute atomic E-state index is 0.0614. The van der Waals surface area contributed by atoms with Crippen molar-refractivity contribution >= 4 is 8.32 Å². The lowest BCUT2D eigenvalue weighted by Gasteiger charge is -2.37. The highest BCUT2D eigenvalue weighted by Gasteiger charge is 2.37. The van der Waals surface area contributed by atoms with Gasteiger partial charge >= 0.3 is 0 Å². The zero-order valence-electron chi connectivity index (χ0n) is 17.4. The maximum absolute atomic E-state index is 10.00. The first kappa shape index (κ1) is 23.1. The number of hydrogen-bond donors (Lipinski definition) is 1. The SMILES string of the molecule is COc1ccc(COCOC[C@H](CO[Si](C)(C)C(C)(C)C)[C@@H](C)O)cc1. The molecule has 0 bridgehead atoms. The summed E-state index contributed by atoms with van der Waals surface area (Å²) in [6, 6.07) is 7.73. The van der Waals surface area contributed by atoms with Gasteiger partial charge in [0.1, 0.15) is 12.5 Å². The zero-order valence-corrected chi connectivity index (χ0v) is 18.4. The molecular formula is C20H36O5Si. The first-order valence-corrected chi connectivity index (χ1v) is 12.1. The third kappa shape index (κ3) is 7.76. The number of aliphatic hydroxyl groups is 1. The van der Waals surface area contributed by atoms with Crippen LogP contribution in [0.4, 0.5) is 0 Å². The highest BCUT2D eigenvalue weighted by molar-refractivity contribution is 6.74. The topological polar surface area (TPSA) is 57.2 Å². The minimum Gasteiger partial charge on any atom is -0.497 e. The van der Waals surface area contributed by atoms with E-state index in [1.54, 1.807) is 14.0 Å². The Hall–Kier alpha value is -0.923. The average Bonchev–Trinajstić information content (AvgIpc) is 2.56. The van der Waals surface area contributed by atoms with Crippen LogP contribution >= 0.6 is 0 Å². The maximum Gasteiger partial charge on any atom is 0.191 e. The van der Waals surface area contributed by atoms with E-state index in [0.717, 1.165) is 11.3 Å². The standard InChI is InChI=1S/C20H36O5Si/c1-16(21)18(14-25-26(6,7)20(2,3)4)13-24-15-23-12-17-8-10-19(22-5)11-9-17/h8-11,16,18,21H,12-15H2,1-7H3/t16-,18-/m1/s1. The second-order valence-electron chi connectivity index (χ2n) is 8.26. The third-order valence-electron chi connectivity index (χ3n) is 5.07. The lowest BCUT2D eigenvalue weighted by Crippen LogP contribution is -2.43. The average molecular weight is 385 g/mol. The van der Waals surface area contributed by atoms with E-state index in [1.165, 1.54) is 0 Å². The molecule has 0 aliphatic heterocycles. The van der Waals surface area contributed by atoms with Crippen molar-refractivity contribution in [3.8, 4) is 5.75 Å². The van der Waals surface area contributed by atoms with E-state index in [4.69, 9.17) is 18.6 Å². The summed E-state index contributed by atoms with van der Waals surface area (Å²) in [5, 5.41) is 10.1. The minimum atomic E-state index is -1.83. The van der Waals surface area contributed by atoms with Gasteiger partial charge in [-0.3, -0.25) is 0 Å². The van der Waals surface area contributed by atoms with Gasteiger partial charge in [0.05, 0.1) is 26.4 Å². The number of benzene rings is 1. The first-order chi connectivity index (χ1) is 12.1. The lowest BCUT2D eigenvalue weighted by molar-refractivity contribution is -0.0875. The molecule has 26 heavy (non-hydrogen) atoms. The van der Waals surface area contributed by atoms with E-state index in [9.17, 15) is 5.11 Å². The van der Waals surface area contributed by atoms with Crippen molar-refractivity contribution in [1.29, 1.82) is 0 Å². The molecule has 0 heterocycles. The highest BCUT2D eigenvalue weighted by atomic mass is 28.4. The fraction of sp³-hybridized carbons (Fsp3) is 0.700. The van der Waals surface area contributed by atoms with E-state index in [2.05, 4.69) is 33.9 Å². The molecule has 150 valence electrons. The molecule has 1 rings (SSSR count). The van der Waals surface area contributed by atoms with E-state index < -0.39 is 14.4 Å². The van der Waals surface area contributed by atoms with Crippen LogP contribution in [0.15, 0.2) is 24.3 Å². The molecule has 1 aromatic carbocycles. The van der Waals surface area contributed by atoms with Crippen molar-refractivity contribution < 1.29 is 23.7 Å². The van der Waals surface area contributed by atoms with Gasteiger partial charge in [-0.15, -0.1) is 0 Å². The molecule has 1 N–H and O–H groups in total. The van der Waals surface area contributed by atoms with Crippen LogP contribution in [-0.4, -0.2) is 46.6 Å². The van der Waals surface area contributed by atoms with Crippen molar-refractivity contribution in [2.24, 2.45) is 5.92 Å². The van der Waals surface area contributed by atoms with Crippen molar-refractivity contribution in [3.63, 3.8) is 0 Å². The summed E-state index contributed by atoms with van der Waals surface area (Å²) in [4.78, 5) is 0. The fourth-order valence-electron chi connectivity index (χ4n) is 2.00. The van der Waals surface area contributed by atoms with Gasteiger partial charge in [-0.25, -0.2) is 0 Å². The Morgan fingerprint density at radius 3 is 2.15 bits per heavy atom. The predicted octanol–water partition coefficient (Wildman–Crippen LogP) is 4.20. The smallest absolute Gasteiger partial charge is 0.191 e. The summed E-state index contributed by atoms with van der Waals surface area (Å²) >= 11 is 0. The zero-order chi connectivity index (χ0) is 19.8. The number of hydrogen-bond acceptors (Lipinski definition) is 5. The molecule has 0 unspecified atom stereocenters. The van der Waals surface area contributed by atoms with Gasteiger partial charge in [-0.05, 0) is 42.8 Å². The van der Waals surface area contributed by atoms with Gasteiger partial charge in [-0.1, -0.05) is 32.9 Å². The third-order valence-corrected chi connectivity index (χ3v) is 9.57. The quantitative estimate of drug-likeness (QED) is 0.352. The van der Waals surface area contributed by atoms with Crippen molar-refractivity contribution in [3.05, 3.63) is 29.8 Å². The fourth-order valence-corrected chi connectivity index (χ4v) is 3.06. The van der Waals surface area contributed by atoms with E-state index in [-0.39, 0.29) is 17.7 Å². The van der Waals surface area contributed by atoms with Gasteiger partial charge < -0.3 is 23.7 Å². The van der Waals surface area contributed by atoms with Crippen LogP contribution < -0.4 is 4.74 Å². The van der Waals surface area contributed by atoms with Gasteiger partial charge in [0, 0.05) is 12.5 Å². The van der Waals surface area contributed by atoms with Crippen LogP contribution in [0.3, 0.4) is 0 Å². The number of methoxy groups -OCH3 is 1. The second-order valence-corrected chi connectivity index (χ2v) is 13.1. The molecule has 0 radical (unpaired) electrons. The lowest BCUT2D eigenvalue weighted by atomic mass is 10.1. The molecule has 0 saturated carbocycles. The Kier molecular flexibility index (Phi) is 9.27. The van der Waals surface area contributed by atoms with Crippen molar-refractivity contribution in [2.45, 2.75) is 58.5 Å². The molecular weight excluding hydrogens is 348 g/mol. The van der Waals surface area contributed by atoms with Crippen molar-refractivity contribution in [1.82, 2.24) is 0 Å².